The number of pyridine rings is 1. The molecule has 0 bridgehead atoms. The number of hydrogen-bond acceptors (Lipinski definition) is 3. The van der Waals surface area contributed by atoms with Crippen molar-refractivity contribution in [3.63, 3.8) is 0 Å². The van der Waals surface area contributed by atoms with E-state index in [0.29, 0.717) is 24.4 Å². The topological polar surface area (TPSA) is 56.2 Å². The zero-order valence-electron chi connectivity index (χ0n) is 10.7. The van der Waals surface area contributed by atoms with E-state index in [1.54, 1.807) is 0 Å². The lowest BCUT2D eigenvalue weighted by molar-refractivity contribution is -0.137. The summed E-state index contributed by atoms with van der Waals surface area (Å²) >= 11 is 0. The summed E-state index contributed by atoms with van der Waals surface area (Å²) in [6.45, 7) is 4.08. The van der Waals surface area contributed by atoms with Crippen molar-refractivity contribution in [1.82, 2.24) is 14.6 Å². The smallest absolute Gasteiger partial charge is 0.329 e. The van der Waals surface area contributed by atoms with Crippen LogP contribution in [0.1, 0.15) is 31.7 Å². The first-order chi connectivity index (χ1) is 8.81. The highest BCUT2D eigenvalue weighted by Gasteiger charge is 2.33. The number of hydrogen-bond donors (Lipinski definition) is 1. The van der Waals surface area contributed by atoms with Crippen LogP contribution in [0, 0.1) is 0 Å². The maximum atomic E-state index is 12.7. The number of halogens is 3. The summed E-state index contributed by atoms with van der Waals surface area (Å²) in [6, 6.07) is 2.31. The van der Waals surface area contributed by atoms with Gasteiger partial charge in [0.2, 0.25) is 0 Å². The average molecular weight is 272 g/mol. The zero-order chi connectivity index (χ0) is 14.3. The van der Waals surface area contributed by atoms with Crippen molar-refractivity contribution in [2.24, 2.45) is 5.73 Å². The van der Waals surface area contributed by atoms with Gasteiger partial charge in [-0.2, -0.15) is 13.2 Å². The zero-order valence-corrected chi connectivity index (χ0v) is 10.7. The van der Waals surface area contributed by atoms with E-state index in [4.69, 9.17) is 5.73 Å². The van der Waals surface area contributed by atoms with Crippen molar-refractivity contribution in [3.05, 3.63) is 29.7 Å². The first-order valence-electron chi connectivity index (χ1n) is 5.94. The van der Waals surface area contributed by atoms with E-state index in [-0.39, 0.29) is 0 Å². The van der Waals surface area contributed by atoms with Gasteiger partial charge in [-0.05, 0) is 18.6 Å². The number of rotatable bonds is 3. The van der Waals surface area contributed by atoms with E-state index in [1.165, 1.54) is 10.5 Å². The molecule has 0 amide bonds. The Morgan fingerprint density at radius 2 is 1.95 bits per heavy atom. The molecular formula is C12H15F3N4. The van der Waals surface area contributed by atoms with E-state index < -0.39 is 17.2 Å². The first-order valence-corrected chi connectivity index (χ1v) is 5.94. The van der Waals surface area contributed by atoms with E-state index in [0.717, 1.165) is 12.3 Å². The SMILES string of the molecule is CCC(C)(CN)c1nnc2ccc(C(F)(F)F)cn12. The van der Waals surface area contributed by atoms with Gasteiger partial charge in [0.1, 0.15) is 5.82 Å². The fraction of sp³-hybridized carbons (Fsp3) is 0.500. The van der Waals surface area contributed by atoms with Crippen molar-refractivity contribution < 1.29 is 13.2 Å². The van der Waals surface area contributed by atoms with E-state index in [2.05, 4.69) is 10.2 Å². The molecule has 0 saturated heterocycles. The van der Waals surface area contributed by atoms with Crippen molar-refractivity contribution in [3.8, 4) is 0 Å². The second kappa shape index (κ2) is 4.48. The Morgan fingerprint density at radius 3 is 2.47 bits per heavy atom. The van der Waals surface area contributed by atoms with Crippen molar-refractivity contribution >= 4 is 5.65 Å². The molecule has 0 aliphatic rings. The summed E-state index contributed by atoms with van der Waals surface area (Å²) in [5, 5.41) is 7.89. The maximum absolute atomic E-state index is 12.7. The minimum absolute atomic E-state index is 0.292. The van der Waals surface area contributed by atoms with Crippen LogP contribution in [-0.4, -0.2) is 21.1 Å². The van der Waals surface area contributed by atoms with Gasteiger partial charge in [-0.25, -0.2) is 0 Å². The van der Waals surface area contributed by atoms with E-state index in [9.17, 15) is 13.2 Å². The number of nitrogens with two attached hydrogens (primary N) is 1. The highest BCUT2D eigenvalue weighted by Crippen LogP contribution is 2.31. The van der Waals surface area contributed by atoms with Gasteiger partial charge in [0.15, 0.2) is 5.65 Å². The number of nitrogens with zero attached hydrogens (tertiary/aromatic N) is 3. The Hall–Kier alpha value is -1.63. The van der Waals surface area contributed by atoms with Crippen molar-refractivity contribution in [1.29, 1.82) is 0 Å². The fourth-order valence-corrected chi connectivity index (χ4v) is 1.86. The van der Waals surface area contributed by atoms with Crippen molar-refractivity contribution in [2.45, 2.75) is 31.9 Å². The predicted molar refractivity (Wildman–Crippen MR) is 64.7 cm³/mol. The normalized spacial score (nSPS) is 15.7. The quantitative estimate of drug-likeness (QED) is 0.933. The Kier molecular flexibility index (Phi) is 3.25. The third-order valence-electron chi connectivity index (χ3n) is 3.50. The van der Waals surface area contributed by atoms with Crippen molar-refractivity contribution in [2.75, 3.05) is 6.54 Å². The molecule has 2 heterocycles. The van der Waals surface area contributed by atoms with Crippen LogP contribution in [0.25, 0.3) is 5.65 Å². The number of aromatic nitrogens is 3. The standard InChI is InChI=1S/C12H15F3N4/c1-3-11(2,7-16)10-18-17-9-5-4-8(6-19(9)10)12(13,14)15/h4-6H,3,7,16H2,1-2H3. The lowest BCUT2D eigenvalue weighted by atomic mass is 9.87. The molecule has 2 rings (SSSR count). The molecule has 0 saturated carbocycles. The van der Waals surface area contributed by atoms with Crippen LogP contribution in [0.2, 0.25) is 0 Å². The highest BCUT2D eigenvalue weighted by atomic mass is 19.4. The molecule has 19 heavy (non-hydrogen) atoms. The third kappa shape index (κ3) is 2.30. The van der Waals surface area contributed by atoms with Gasteiger partial charge in [0.25, 0.3) is 0 Å². The molecule has 2 aromatic rings. The largest absolute Gasteiger partial charge is 0.417 e. The molecule has 1 unspecified atom stereocenters. The van der Waals surface area contributed by atoms with E-state index in [1.807, 2.05) is 13.8 Å². The second-order valence-electron chi connectivity index (χ2n) is 4.79. The molecule has 7 heteroatoms. The van der Waals surface area contributed by atoms with Crippen LogP contribution in [-0.2, 0) is 11.6 Å². The number of fused-ring (bicyclic) bond motifs is 1. The summed E-state index contributed by atoms with van der Waals surface area (Å²) in [6.07, 6.45) is -2.70. The van der Waals surface area contributed by atoms with Crippen LogP contribution in [0.4, 0.5) is 13.2 Å². The highest BCUT2D eigenvalue weighted by molar-refractivity contribution is 5.41. The molecule has 0 fully saturated rings. The van der Waals surface area contributed by atoms with Crippen LogP contribution >= 0.6 is 0 Å². The molecule has 0 aliphatic carbocycles. The fourth-order valence-electron chi connectivity index (χ4n) is 1.86. The van der Waals surface area contributed by atoms with Gasteiger partial charge in [0.05, 0.1) is 5.56 Å². The van der Waals surface area contributed by atoms with Crippen LogP contribution < -0.4 is 5.73 Å². The van der Waals surface area contributed by atoms with Gasteiger partial charge in [-0.15, -0.1) is 10.2 Å². The Morgan fingerprint density at radius 1 is 1.26 bits per heavy atom. The first kappa shape index (κ1) is 13.8. The average Bonchev–Trinajstić information content (AvgIpc) is 2.80. The summed E-state index contributed by atoms with van der Waals surface area (Å²) < 4.78 is 39.6. The molecule has 0 radical (unpaired) electrons. The van der Waals surface area contributed by atoms with Gasteiger partial charge in [0, 0.05) is 18.2 Å². The lowest BCUT2D eigenvalue weighted by Gasteiger charge is -2.24. The second-order valence-corrected chi connectivity index (χ2v) is 4.79. The van der Waals surface area contributed by atoms with Gasteiger partial charge >= 0.3 is 6.18 Å². The molecule has 4 nitrogen and oxygen atoms in total. The molecular weight excluding hydrogens is 257 g/mol. The Labute approximate surface area is 108 Å². The van der Waals surface area contributed by atoms with E-state index >= 15 is 0 Å². The minimum atomic E-state index is -4.39. The van der Waals surface area contributed by atoms with Gasteiger partial charge in [-0.3, -0.25) is 4.40 Å². The summed E-state index contributed by atoms with van der Waals surface area (Å²) in [5.74, 6) is 0.457. The van der Waals surface area contributed by atoms with Gasteiger partial charge in [-0.1, -0.05) is 13.8 Å². The Balaban J connectivity index is 2.64. The minimum Gasteiger partial charge on any atom is -0.329 e. The maximum Gasteiger partial charge on any atom is 0.417 e. The van der Waals surface area contributed by atoms with Crippen LogP contribution in [0.15, 0.2) is 18.3 Å². The summed E-state index contributed by atoms with van der Waals surface area (Å²) in [4.78, 5) is 0. The molecule has 1 atom stereocenters. The molecule has 0 spiro atoms. The summed E-state index contributed by atoms with van der Waals surface area (Å²) in [5.41, 5.74) is 4.88. The number of alkyl halides is 3. The molecule has 0 aliphatic heterocycles. The lowest BCUT2D eigenvalue weighted by Crippen LogP contribution is -2.33. The van der Waals surface area contributed by atoms with Crippen LogP contribution in [0.5, 0.6) is 0 Å². The molecule has 104 valence electrons. The predicted octanol–water partition coefficient (Wildman–Crippen LogP) is 2.37. The molecule has 0 aromatic carbocycles. The Bertz CT molecular complexity index is 584. The summed E-state index contributed by atoms with van der Waals surface area (Å²) in [7, 11) is 0. The van der Waals surface area contributed by atoms with Crippen LogP contribution in [0.3, 0.4) is 0 Å². The third-order valence-corrected chi connectivity index (χ3v) is 3.50. The molecule has 2 aromatic heterocycles. The monoisotopic (exact) mass is 272 g/mol. The van der Waals surface area contributed by atoms with Gasteiger partial charge < -0.3 is 5.73 Å². The molecule has 2 N–H and O–H groups in total.